The lowest BCUT2D eigenvalue weighted by Crippen LogP contribution is -2.08. The van der Waals surface area contributed by atoms with Crippen LogP contribution in [0.2, 0.25) is 0 Å². The molecule has 0 aliphatic carbocycles. The van der Waals surface area contributed by atoms with Gasteiger partial charge in [0.05, 0.1) is 11.7 Å². The average molecular weight is 282 g/mol. The summed E-state index contributed by atoms with van der Waals surface area (Å²) < 4.78 is 0. The molecule has 2 rings (SSSR count). The van der Waals surface area contributed by atoms with Crippen LogP contribution in [-0.4, -0.2) is 22.3 Å². The molecule has 0 fully saturated rings. The Morgan fingerprint density at radius 1 is 1.05 bits per heavy atom. The van der Waals surface area contributed by atoms with Crippen molar-refractivity contribution in [1.29, 1.82) is 0 Å². The summed E-state index contributed by atoms with van der Waals surface area (Å²) in [4.78, 5) is 11.1. The highest BCUT2D eigenvalue weighted by atomic mass is 16.4. The quantitative estimate of drug-likeness (QED) is 0.853. The van der Waals surface area contributed by atoms with E-state index in [1.165, 1.54) is 0 Å². The standard InChI is InChI=1S/C18H18O3/c19-16(13-14-7-2-1-3-8-14)11-6-10-15-9-4-5-12-17(15)18(20)21/h1-10,12,16,19H,11,13H2,(H,20,21)/b10-6+. The summed E-state index contributed by atoms with van der Waals surface area (Å²) in [6.07, 6.45) is 4.17. The van der Waals surface area contributed by atoms with Gasteiger partial charge in [-0.2, -0.15) is 0 Å². The van der Waals surface area contributed by atoms with Gasteiger partial charge in [0, 0.05) is 0 Å². The van der Waals surface area contributed by atoms with Crippen molar-refractivity contribution in [2.75, 3.05) is 0 Å². The summed E-state index contributed by atoms with van der Waals surface area (Å²) in [5, 5.41) is 19.1. The molecular weight excluding hydrogens is 264 g/mol. The third-order valence-electron chi connectivity index (χ3n) is 3.21. The summed E-state index contributed by atoms with van der Waals surface area (Å²) in [6.45, 7) is 0. The number of carbonyl (C=O) groups is 1. The summed E-state index contributed by atoms with van der Waals surface area (Å²) in [7, 11) is 0. The molecule has 0 bridgehead atoms. The van der Waals surface area contributed by atoms with E-state index in [0.717, 1.165) is 5.56 Å². The number of hydrogen-bond donors (Lipinski definition) is 2. The fourth-order valence-corrected chi connectivity index (χ4v) is 2.16. The van der Waals surface area contributed by atoms with Crippen molar-refractivity contribution in [1.82, 2.24) is 0 Å². The first-order valence-electron chi connectivity index (χ1n) is 6.87. The summed E-state index contributed by atoms with van der Waals surface area (Å²) in [5.74, 6) is -0.944. The van der Waals surface area contributed by atoms with Gasteiger partial charge in [0.25, 0.3) is 0 Å². The molecule has 0 saturated carbocycles. The highest BCUT2D eigenvalue weighted by Gasteiger charge is 2.07. The lowest BCUT2D eigenvalue weighted by molar-refractivity contribution is 0.0696. The number of hydrogen-bond acceptors (Lipinski definition) is 2. The minimum atomic E-state index is -0.944. The first-order chi connectivity index (χ1) is 10.2. The van der Waals surface area contributed by atoms with Crippen molar-refractivity contribution in [2.45, 2.75) is 18.9 Å². The zero-order valence-corrected chi connectivity index (χ0v) is 11.6. The smallest absolute Gasteiger partial charge is 0.336 e. The molecule has 0 radical (unpaired) electrons. The second-order valence-electron chi connectivity index (χ2n) is 4.87. The van der Waals surface area contributed by atoms with Crippen LogP contribution in [0.5, 0.6) is 0 Å². The Bertz CT molecular complexity index is 617. The summed E-state index contributed by atoms with van der Waals surface area (Å²) in [5.41, 5.74) is 2.01. The Balaban J connectivity index is 1.95. The number of benzene rings is 2. The first kappa shape index (κ1) is 15.0. The van der Waals surface area contributed by atoms with E-state index < -0.39 is 12.1 Å². The lowest BCUT2D eigenvalue weighted by Gasteiger charge is -2.07. The number of aliphatic hydroxyl groups excluding tert-OH is 1. The van der Waals surface area contributed by atoms with Crippen molar-refractivity contribution in [2.24, 2.45) is 0 Å². The molecule has 0 spiro atoms. The van der Waals surface area contributed by atoms with Gasteiger partial charge in [-0.05, 0) is 30.0 Å². The fourth-order valence-electron chi connectivity index (χ4n) is 2.16. The molecule has 2 aromatic carbocycles. The summed E-state index contributed by atoms with van der Waals surface area (Å²) in [6, 6.07) is 16.6. The van der Waals surface area contributed by atoms with Crippen molar-refractivity contribution < 1.29 is 15.0 Å². The van der Waals surface area contributed by atoms with Crippen LogP contribution in [-0.2, 0) is 6.42 Å². The van der Waals surface area contributed by atoms with Crippen LogP contribution in [0.3, 0.4) is 0 Å². The molecule has 2 N–H and O–H groups in total. The number of aromatic carboxylic acids is 1. The van der Waals surface area contributed by atoms with Gasteiger partial charge in [-0.1, -0.05) is 60.7 Å². The first-order valence-corrected chi connectivity index (χ1v) is 6.87. The minimum absolute atomic E-state index is 0.270. The van der Waals surface area contributed by atoms with Gasteiger partial charge in [-0.25, -0.2) is 4.79 Å². The molecule has 0 saturated heterocycles. The van der Waals surface area contributed by atoms with E-state index in [-0.39, 0.29) is 5.56 Å². The van der Waals surface area contributed by atoms with E-state index in [4.69, 9.17) is 5.11 Å². The van der Waals surface area contributed by atoms with Gasteiger partial charge in [0.1, 0.15) is 0 Å². The zero-order chi connectivity index (χ0) is 15.1. The monoisotopic (exact) mass is 282 g/mol. The summed E-state index contributed by atoms with van der Waals surface area (Å²) >= 11 is 0. The number of carboxylic acids is 1. The average Bonchev–Trinajstić information content (AvgIpc) is 2.48. The molecule has 0 amide bonds. The molecule has 3 heteroatoms. The van der Waals surface area contributed by atoms with Crippen molar-refractivity contribution in [3.63, 3.8) is 0 Å². The Kier molecular flexibility index (Phi) is 5.29. The predicted molar refractivity (Wildman–Crippen MR) is 83.2 cm³/mol. The molecule has 0 heterocycles. The van der Waals surface area contributed by atoms with Crippen molar-refractivity contribution in [3.8, 4) is 0 Å². The second kappa shape index (κ2) is 7.41. The lowest BCUT2D eigenvalue weighted by atomic mass is 10.0. The molecule has 108 valence electrons. The van der Waals surface area contributed by atoms with Gasteiger partial charge in [0.15, 0.2) is 0 Å². The molecule has 0 aliphatic heterocycles. The molecular formula is C18H18O3. The SMILES string of the molecule is O=C(O)c1ccccc1/C=C/CC(O)Cc1ccccc1. The third kappa shape index (κ3) is 4.58. The van der Waals surface area contributed by atoms with E-state index in [1.807, 2.05) is 36.4 Å². The molecule has 2 aromatic rings. The zero-order valence-electron chi connectivity index (χ0n) is 11.6. The van der Waals surface area contributed by atoms with E-state index in [1.54, 1.807) is 30.3 Å². The van der Waals surface area contributed by atoms with Crippen LogP contribution in [0.4, 0.5) is 0 Å². The van der Waals surface area contributed by atoms with Gasteiger partial charge < -0.3 is 10.2 Å². The maximum Gasteiger partial charge on any atom is 0.336 e. The maximum absolute atomic E-state index is 11.1. The van der Waals surface area contributed by atoms with Crippen molar-refractivity contribution >= 4 is 12.0 Å². The molecule has 1 unspecified atom stereocenters. The Morgan fingerprint density at radius 3 is 2.43 bits per heavy atom. The Labute approximate surface area is 124 Å². The topological polar surface area (TPSA) is 57.5 Å². The van der Waals surface area contributed by atoms with Gasteiger partial charge in [-0.15, -0.1) is 0 Å². The van der Waals surface area contributed by atoms with E-state index in [0.29, 0.717) is 18.4 Å². The minimum Gasteiger partial charge on any atom is -0.478 e. The third-order valence-corrected chi connectivity index (χ3v) is 3.21. The largest absolute Gasteiger partial charge is 0.478 e. The van der Waals surface area contributed by atoms with Crippen LogP contribution in [0.15, 0.2) is 60.7 Å². The number of carboxylic acid groups (broad SMARTS) is 1. The van der Waals surface area contributed by atoms with Crippen LogP contribution < -0.4 is 0 Å². The molecule has 0 aliphatic rings. The molecule has 1 atom stereocenters. The van der Waals surface area contributed by atoms with Gasteiger partial charge >= 0.3 is 5.97 Å². The van der Waals surface area contributed by atoms with Crippen LogP contribution in [0, 0.1) is 0 Å². The highest BCUT2D eigenvalue weighted by molar-refractivity contribution is 5.92. The second-order valence-corrected chi connectivity index (χ2v) is 4.87. The number of aliphatic hydroxyl groups is 1. The fraction of sp³-hybridized carbons (Fsp3) is 0.167. The predicted octanol–water partition coefficient (Wildman–Crippen LogP) is 3.39. The normalized spacial score (nSPS) is 12.4. The van der Waals surface area contributed by atoms with E-state index >= 15 is 0 Å². The van der Waals surface area contributed by atoms with E-state index in [9.17, 15) is 9.90 Å². The molecule has 0 aromatic heterocycles. The van der Waals surface area contributed by atoms with Gasteiger partial charge in [0.2, 0.25) is 0 Å². The maximum atomic E-state index is 11.1. The molecule has 3 nitrogen and oxygen atoms in total. The Morgan fingerprint density at radius 2 is 1.71 bits per heavy atom. The van der Waals surface area contributed by atoms with E-state index in [2.05, 4.69) is 0 Å². The van der Waals surface area contributed by atoms with Crippen LogP contribution in [0.1, 0.15) is 27.9 Å². The van der Waals surface area contributed by atoms with Crippen molar-refractivity contribution in [3.05, 3.63) is 77.4 Å². The van der Waals surface area contributed by atoms with Crippen LogP contribution in [0.25, 0.3) is 6.08 Å². The number of rotatable bonds is 6. The Hall–Kier alpha value is -2.39. The highest BCUT2D eigenvalue weighted by Crippen LogP contribution is 2.12. The molecule has 21 heavy (non-hydrogen) atoms. The van der Waals surface area contributed by atoms with Crippen LogP contribution >= 0.6 is 0 Å². The van der Waals surface area contributed by atoms with Gasteiger partial charge in [-0.3, -0.25) is 0 Å².